The first-order valence-electron chi connectivity index (χ1n) is 9.68. The Morgan fingerprint density at radius 2 is 2.30 bits per heavy atom. The van der Waals surface area contributed by atoms with Crippen LogP contribution in [-0.2, 0) is 16.8 Å². The molecule has 0 saturated carbocycles. The predicted molar refractivity (Wildman–Crippen MR) is 100 cm³/mol. The molecule has 4 atom stereocenters. The number of aliphatic hydroxyl groups excluding tert-OH is 1. The number of hydrogen-bond donors (Lipinski definition) is 2. The minimum absolute atomic E-state index is 0.121. The number of ether oxygens (including phenoxy) is 2. The van der Waals surface area contributed by atoms with Gasteiger partial charge in [0.1, 0.15) is 6.10 Å². The van der Waals surface area contributed by atoms with Crippen molar-refractivity contribution in [2.45, 2.75) is 50.4 Å². The van der Waals surface area contributed by atoms with Crippen molar-refractivity contribution in [3.05, 3.63) is 35.4 Å². The normalized spacial score (nSPS) is 30.0. The van der Waals surface area contributed by atoms with Crippen LogP contribution >= 0.6 is 0 Å². The van der Waals surface area contributed by atoms with Crippen molar-refractivity contribution < 1.29 is 24.5 Å². The molecule has 4 rings (SSSR count). The van der Waals surface area contributed by atoms with Gasteiger partial charge in [0, 0.05) is 25.1 Å². The van der Waals surface area contributed by atoms with Crippen LogP contribution in [0.1, 0.15) is 37.3 Å². The Morgan fingerprint density at radius 1 is 1.48 bits per heavy atom. The number of aliphatic carboxylic acids is 1. The van der Waals surface area contributed by atoms with Crippen molar-refractivity contribution in [2.24, 2.45) is 5.92 Å². The molecule has 2 heterocycles. The van der Waals surface area contributed by atoms with Gasteiger partial charge in [0.15, 0.2) is 11.5 Å². The van der Waals surface area contributed by atoms with E-state index in [9.17, 15) is 15.0 Å². The second kappa shape index (κ2) is 6.84. The molecule has 1 aromatic rings. The highest BCUT2D eigenvalue weighted by atomic mass is 16.5. The van der Waals surface area contributed by atoms with Crippen LogP contribution in [0.4, 0.5) is 0 Å². The average Bonchev–Trinajstić information content (AvgIpc) is 2.89. The zero-order valence-corrected chi connectivity index (χ0v) is 15.9. The number of rotatable bonds is 5. The summed E-state index contributed by atoms with van der Waals surface area (Å²) in [5, 5.41) is 19.6. The van der Waals surface area contributed by atoms with Crippen molar-refractivity contribution >= 4 is 5.97 Å². The number of carbonyl (C=O) groups is 1. The zero-order valence-electron chi connectivity index (χ0n) is 15.9. The van der Waals surface area contributed by atoms with Crippen LogP contribution in [-0.4, -0.2) is 53.5 Å². The highest BCUT2D eigenvalue weighted by Gasteiger charge is 2.52. The molecule has 1 aliphatic carbocycles. The quantitative estimate of drug-likeness (QED) is 0.772. The van der Waals surface area contributed by atoms with Crippen LogP contribution in [0.25, 0.3) is 0 Å². The van der Waals surface area contributed by atoms with Crippen molar-refractivity contribution in [1.82, 2.24) is 4.90 Å². The van der Waals surface area contributed by atoms with Crippen LogP contribution < -0.4 is 9.47 Å². The maximum Gasteiger partial charge on any atom is 0.307 e. The van der Waals surface area contributed by atoms with E-state index in [4.69, 9.17) is 9.47 Å². The fourth-order valence-electron chi connectivity index (χ4n) is 4.84. The molecule has 0 radical (unpaired) electrons. The lowest BCUT2D eigenvalue weighted by Crippen LogP contribution is -2.43. The molecule has 27 heavy (non-hydrogen) atoms. The summed E-state index contributed by atoms with van der Waals surface area (Å²) in [6.07, 6.45) is 5.38. The molecule has 2 aliphatic heterocycles. The largest absolute Gasteiger partial charge is 0.493 e. The smallest absolute Gasteiger partial charge is 0.307 e. The van der Waals surface area contributed by atoms with E-state index in [1.54, 1.807) is 7.11 Å². The summed E-state index contributed by atoms with van der Waals surface area (Å²) in [5.74, 6) is 0.404. The summed E-state index contributed by atoms with van der Waals surface area (Å²) in [4.78, 5) is 13.8. The molecule has 0 amide bonds. The van der Waals surface area contributed by atoms with Gasteiger partial charge in [0.05, 0.1) is 24.5 Å². The fraction of sp³-hybridized carbons (Fsp3) is 0.571. The second-order valence-corrected chi connectivity index (χ2v) is 7.87. The highest BCUT2D eigenvalue weighted by Crippen LogP contribution is 2.55. The number of benzene rings is 1. The molecule has 0 aromatic heterocycles. The van der Waals surface area contributed by atoms with Gasteiger partial charge in [-0.3, -0.25) is 9.69 Å². The van der Waals surface area contributed by atoms with E-state index >= 15 is 0 Å². The van der Waals surface area contributed by atoms with E-state index in [0.717, 1.165) is 35.6 Å². The van der Waals surface area contributed by atoms with E-state index in [1.165, 1.54) is 0 Å². The Bertz CT molecular complexity index is 776. The van der Waals surface area contributed by atoms with E-state index in [0.29, 0.717) is 25.9 Å². The molecule has 1 aromatic carbocycles. The van der Waals surface area contributed by atoms with Gasteiger partial charge in [-0.1, -0.05) is 25.1 Å². The molecule has 0 fully saturated rings. The fourth-order valence-corrected chi connectivity index (χ4v) is 4.84. The van der Waals surface area contributed by atoms with Gasteiger partial charge in [0.25, 0.3) is 0 Å². The molecule has 6 heteroatoms. The number of methoxy groups -OCH3 is 1. The number of aliphatic hydroxyl groups is 1. The number of carboxylic acids is 1. The number of hydrogen-bond acceptors (Lipinski definition) is 5. The summed E-state index contributed by atoms with van der Waals surface area (Å²) in [7, 11) is 1.64. The Kier molecular flexibility index (Phi) is 4.64. The van der Waals surface area contributed by atoms with Crippen molar-refractivity contribution in [1.29, 1.82) is 0 Å². The maximum absolute atomic E-state index is 11.5. The standard InChI is InChI=1S/C21H27NO5/c1-3-13(20(24)25)11-22-9-8-21-7-6-15(23)10-17(21)27-19-16(26-2)5-4-14(12-22)18(19)21/h4-7,13,15,17,23H,3,8-12H2,1-2H3,(H,24,25)/t13?,15-,17?,21?/m0/s1. The second-order valence-electron chi connectivity index (χ2n) is 7.87. The van der Waals surface area contributed by atoms with Crippen molar-refractivity contribution in [2.75, 3.05) is 20.2 Å². The summed E-state index contributed by atoms with van der Waals surface area (Å²) in [6.45, 7) is 3.96. The first-order chi connectivity index (χ1) is 13.0. The topological polar surface area (TPSA) is 79.2 Å². The number of carboxylic acid groups (broad SMARTS) is 1. The lowest BCUT2D eigenvalue weighted by Gasteiger charge is -2.36. The minimum atomic E-state index is -0.735. The Labute approximate surface area is 159 Å². The van der Waals surface area contributed by atoms with E-state index in [2.05, 4.69) is 17.0 Å². The first-order valence-corrected chi connectivity index (χ1v) is 9.68. The molecule has 3 unspecified atom stereocenters. The molecular weight excluding hydrogens is 346 g/mol. The van der Waals surface area contributed by atoms with Crippen molar-refractivity contribution in [3.63, 3.8) is 0 Å². The first kappa shape index (κ1) is 18.3. The summed E-state index contributed by atoms with van der Waals surface area (Å²) >= 11 is 0. The van der Waals surface area contributed by atoms with Crippen LogP contribution in [0.15, 0.2) is 24.3 Å². The molecule has 0 saturated heterocycles. The lowest BCUT2D eigenvalue weighted by molar-refractivity contribution is -0.142. The third-order valence-electron chi connectivity index (χ3n) is 6.36. The number of nitrogens with zero attached hydrogens (tertiary/aromatic N) is 1. The molecular formula is C21H27NO5. The van der Waals surface area contributed by atoms with Gasteiger partial charge in [0.2, 0.25) is 0 Å². The molecule has 1 spiro atoms. The van der Waals surface area contributed by atoms with Gasteiger partial charge in [-0.15, -0.1) is 0 Å². The molecule has 2 N–H and O–H groups in total. The van der Waals surface area contributed by atoms with Gasteiger partial charge in [-0.2, -0.15) is 0 Å². The van der Waals surface area contributed by atoms with Crippen LogP contribution in [0.5, 0.6) is 11.5 Å². The minimum Gasteiger partial charge on any atom is -0.493 e. The van der Waals surface area contributed by atoms with Crippen molar-refractivity contribution in [3.8, 4) is 11.5 Å². The van der Waals surface area contributed by atoms with E-state index < -0.39 is 12.1 Å². The Balaban J connectivity index is 1.75. The van der Waals surface area contributed by atoms with E-state index in [1.807, 2.05) is 19.1 Å². The Hall–Kier alpha value is -2.05. The third kappa shape index (κ3) is 2.91. The Morgan fingerprint density at radius 3 is 3.00 bits per heavy atom. The molecule has 0 bridgehead atoms. The monoisotopic (exact) mass is 373 g/mol. The highest BCUT2D eigenvalue weighted by molar-refractivity contribution is 5.70. The summed E-state index contributed by atoms with van der Waals surface area (Å²) in [5.41, 5.74) is 2.03. The van der Waals surface area contributed by atoms with Crippen LogP contribution in [0, 0.1) is 5.92 Å². The molecule has 146 valence electrons. The third-order valence-corrected chi connectivity index (χ3v) is 6.36. The predicted octanol–water partition coefficient (Wildman–Crippen LogP) is 2.33. The summed E-state index contributed by atoms with van der Waals surface area (Å²) < 4.78 is 11.8. The van der Waals surface area contributed by atoms with E-state index in [-0.39, 0.29) is 17.4 Å². The maximum atomic E-state index is 11.5. The van der Waals surface area contributed by atoms with Gasteiger partial charge < -0.3 is 19.7 Å². The van der Waals surface area contributed by atoms with Gasteiger partial charge in [-0.25, -0.2) is 0 Å². The van der Waals surface area contributed by atoms with Crippen LogP contribution in [0.3, 0.4) is 0 Å². The average molecular weight is 373 g/mol. The molecule has 6 nitrogen and oxygen atoms in total. The van der Waals surface area contributed by atoms with Gasteiger partial charge in [-0.05, 0) is 31.0 Å². The molecule has 3 aliphatic rings. The SMILES string of the molecule is CCC(CN1CCC23C=C[C@H](O)CC2Oc2c(OC)ccc(c23)C1)C(=O)O. The van der Waals surface area contributed by atoms with Gasteiger partial charge >= 0.3 is 5.97 Å². The lowest BCUT2D eigenvalue weighted by atomic mass is 9.69. The zero-order chi connectivity index (χ0) is 19.2. The van der Waals surface area contributed by atoms with Crippen LogP contribution in [0.2, 0.25) is 0 Å². The summed E-state index contributed by atoms with van der Waals surface area (Å²) in [6, 6.07) is 4.00.